The van der Waals surface area contributed by atoms with E-state index in [4.69, 9.17) is 11.6 Å². The van der Waals surface area contributed by atoms with Crippen molar-refractivity contribution in [3.8, 4) is 0 Å². The Morgan fingerprint density at radius 2 is 1.37 bits per heavy atom. The molecule has 0 aliphatic heterocycles. The molecule has 136 valence electrons. The standard InChI is InChI=1S/C21H17ClN2O2S/c22-17-13-11-16(12-14-17)20(25)23-24-21(26)19(15-7-3-1-4-8-15)27-18-9-5-2-6-10-18/h1-14,19H,(H,23,25)(H,24,26). The van der Waals surface area contributed by atoms with Crippen molar-refractivity contribution in [3.63, 3.8) is 0 Å². The largest absolute Gasteiger partial charge is 0.272 e. The van der Waals surface area contributed by atoms with Crippen molar-refractivity contribution in [3.05, 3.63) is 101 Å². The SMILES string of the molecule is O=C(NNC(=O)C(Sc1ccccc1)c1ccccc1)c1ccc(Cl)cc1. The van der Waals surface area contributed by atoms with E-state index in [2.05, 4.69) is 10.9 Å². The molecule has 27 heavy (non-hydrogen) atoms. The molecule has 4 nitrogen and oxygen atoms in total. The van der Waals surface area contributed by atoms with Gasteiger partial charge in [-0.25, -0.2) is 0 Å². The summed E-state index contributed by atoms with van der Waals surface area (Å²) in [6, 6.07) is 25.5. The number of carbonyl (C=O) groups excluding carboxylic acids is 2. The third-order valence-electron chi connectivity index (χ3n) is 3.74. The number of rotatable bonds is 5. The van der Waals surface area contributed by atoms with E-state index < -0.39 is 11.2 Å². The van der Waals surface area contributed by atoms with Crippen LogP contribution in [-0.2, 0) is 4.79 Å². The normalized spacial score (nSPS) is 11.4. The minimum absolute atomic E-state index is 0.308. The maximum atomic E-state index is 12.8. The van der Waals surface area contributed by atoms with Gasteiger partial charge in [-0.1, -0.05) is 60.1 Å². The van der Waals surface area contributed by atoms with Crippen molar-refractivity contribution >= 4 is 35.2 Å². The van der Waals surface area contributed by atoms with Crippen LogP contribution < -0.4 is 10.9 Å². The van der Waals surface area contributed by atoms with E-state index in [1.807, 2.05) is 60.7 Å². The number of thioether (sulfide) groups is 1. The fraction of sp³-hybridized carbons (Fsp3) is 0.0476. The lowest BCUT2D eigenvalue weighted by atomic mass is 10.1. The average Bonchev–Trinajstić information content (AvgIpc) is 2.72. The lowest BCUT2D eigenvalue weighted by molar-refractivity contribution is -0.121. The number of benzene rings is 3. The highest BCUT2D eigenvalue weighted by molar-refractivity contribution is 8.00. The number of hydrazine groups is 1. The van der Waals surface area contributed by atoms with Gasteiger partial charge in [0.2, 0.25) is 0 Å². The molecule has 0 bridgehead atoms. The van der Waals surface area contributed by atoms with Crippen LogP contribution in [0.1, 0.15) is 21.2 Å². The van der Waals surface area contributed by atoms with Gasteiger partial charge in [-0.15, -0.1) is 11.8 Å². The van der Waals surface area contributed by atoms with E-state index in [1.54, 1.807) is 24.3 Å². The van der Waals surface area contributed by atoms with Crippen molar-refractivity contribution in [2.45, 2.75) is 10.1 Å². The molecule has 1 unspecified atom stereocenters. The Bertz CT molecular complexity index is 902. The van der Waals surface area contributed by atoms with Crippen LogP contribution in [0.2, 0.25) is 5.02 Å². The van der Waals surface area contributed by atoms with E-state index in [-0.39, 0.29) is 5.91 Å². The maximum Gasteiger partial charge on any atom is 0.269 e. The van der Waals surface area contributed by atoms with Gasteiger partial charge in [-0.3, -0.25) is 20.4 Å². The van der Waals surface area contributed by atoms with Gasteiger partial charge < -0.3 is 0 Å². The molecule has 6 heteroatoms. The number of nitrogens with one attached hydrogen (secondary N) is 2. The molecular weight excluding hydrogens is 380 g/mol. The Hall–Kier alpha value is -2.76. The van der Waals surface area contributed by atoms with E-state index in [0.717, 1.165) is 10.5 Å². The van der Waals surface area contributed by atoms with Crippen molar-refractivity contribution in [1.29, 1.82) is 0 Å². The van der Waals surface area contributed by atoms with Crippen molar-refractivity contribution in [2.75, 3.05) is 0 Å². The second-order valence-corrected chi connectivity index (χ2v) is 7.29. The zero-order valence-electron chi connectivity index (χ0n) is 14.3. The first-order valence-corrected chi connectivity index (χ1v) is 9.51. The molecule has 0 saturated carbocycles. The van der Waals surface area contributed by atoms with Gasteiger partial charge in [0.15, 0.2) is 0 Å². The summed E-state index contributed by atoms with van der Waals surface area (Å²) in [5.74, 6) is -0.714. The van der Waals surface area contributed by atoms with E-state index in [9.17, 15) is 9.59 Å². The molecule has 0 spiro atoms. The van der Waals surface area contributed by atoms with Crippen LogP contribution in [0.5, 0.6) is 0 Å². The summed E-state index contributed by atoms with van der Waals surface area (Å²) in [5.41, 5.74) is 6.24. The first-order chi connectivity index (χ1) is 13.1. The summed E-state index contributed by atoms with van der Waals surface area (Å²) in [6.45, 7) is 0. The average molecular weight is 397 g/mol. The minimum Gasteiger partial charge on any atom is -0.272 e. The lowest BCUT2D eigenvalue weighted by Crippen LogP contribution is -2.43. The molecule has 0 aliphatic rings. The van der Waals surface area contributed by atoms with Gasteiger partial charge in [0.25, 0.3) is 11.8 Å². The summed E-state index contributed by atoms with van der Waals surface area (Å²) in [6.07, 6.45) is 0. The Kier molecular flexibility index (Phi) is 6.52. The van der Waals surface area contributed by atoms with Gasteiger partial charge in [0.05, 0.1) is 0 Å². The molecule has 3 rings (SSSR count). The third kappa shape index (κ3) is 5.36. The number of hydrogen-bond donors (Lipinski definition) is 2. The van der Waals surface area contributed by atoms with Crippen LogP contribution in [0.25, 0.3) is 0 Å². The quantitative estimate of drug-likeness (QED) is 0.488. The van der Waals surface area contributed by atoms with Crippen molar-refractivity contribution in [1.82, 2.24) is 10.9 Å². The zero-order chi connectivity index (χ0) is 19.1. The van der Waals surface area contributed by atoms with Gasteiger partial charge >= 0.3 is 0 Å². The van der Waals surface area contributed by atoms with Gasteiger partial charge in [-0.2, -0.15) is 0 Å². The molecule has 0 fully saturated rings. The highest BCUT2D eigenvalue weighted by Gasteiger charge is 2.22. The van der Waals surface area contributed by atoms with Crippen LogP contribution in [-0.4, -0.2) is 11.8 Å². The van der Waals surface area contributed by atoms with Crippen molar-refractivity contribution in [2.24, 2.45) is 0 Å². The Balaban J connectivity index is 1.71. The molecule has 3 aromatic rings. The topological polar surface area (TPSA) is 58.2 Å². The van der Waals surface area contributed by atoms with E-state index >= 15 is 0 Å². The first kappa shape index (κ1) is 19.0. The molecular formula is C21H17ClN2O2S. The fourth-order valence-corrected chi connectivity index (χ4v) is 3.56. The summed E-state index contributed by atoms with van der Waals surface area (Å²) in [5, 5.41) is 0.0399. The molecule has 2 N–H and O–H groups in total. The van der Waals surface area contributed by atoms with Gasteiger partial charge in [0, 0.05) is 15.5 Å². The van der Waals surface area contributed by atoms with E-state index in [1.165, 1.54) is 11.8 Å². The molecule has 2 amide bonds. The highest BCUT2D eigenvalue weighted by atomic mass is 35.5. The predicted molar refractivity (Wildman–Crippen MR) is 109 cm³/mol. The van der Waals surface area contributed by atoms with Crippen LogP contribution in [0.15, 0.2) is 89.8 Å². The molecule has 0 saturated heterocycles. The van der Waals surface area contributed by atoms with Crippen LogP contribution >= 0.6 is 23.4 Å². The highest BCUT2D eigenvalue weighted by Crippen LogP contribution is 2.35. The van der Waals surface area contributed by atoms with Gasteiger partial charge in [0.1, 0.15) is 5.25 Å². The second-order valence-electron chi connectivity index (χ2n) is 5.67. The molecule has 1 atom stereocenters. The van der Waals surface area contributed by atoms with Crippen LogP contribution in [0.3, 0.4) is 0 Å². The fourth-order valence-electron chi connectivity index (χ4n) is 2.39. The lowest BCUT2D eigenvalue weighted by Gasteiger charge is -2.17. The van der Waals surface area contributed by atoms with E-state index in [0.29, 0.717) is 10.6 Å². The Labute approximate surface area is 166 Å². The number of halogens is 1. The summed E-state index contributed by atoms with van der Waals surface area (Å²) < 4.78 is 0. The Morgan fingerprint density at radius 1 is 0.778 bits per heavy atom. The third-order valence-corrected chi connectivity index (χ3v) is 5.26. The Morgan fingerprint density at radius 3 is 2.00 bits per heavy atom. The smallest absolute Gasteiger partial charge is 0.269 e. The van der Waals surface area contributed by atoms with Crippen molar-refractivity contribution < 1.29 is 9.59 Å². The predicted octanol–water partition coefficient (Wildman–Crippen LogP) is 4.63. The first-order valence-electron chi connectivity index (χ1n) is 8.26. The number of hydrogen-bond acceptors (Lipinski definition) is 3. The minimum atomic E-state index is -0.501. The molecule has 3 aromatic carbocycles. The van der Waals surface area contributed by atoms with Crippen LogP contribution in [0, 0.1) is 0 Å². The molecule has 0 aliphatic carbocycles. The number of carbonyl (C=O) groups is 2. The molecule has 0 heterocycles. The van der Waals surface area contributed by atoms with Crippen LogP contribution in [0.4, 0.5) is 0 Å². The summed E-state index contributed by atoms with van der Waals surface area (Å²) in [7, 11) is 0. The maximum absolute atomic E-state index is 12.8. The molecule has 0 aromatic heterocycles. The summed E-state index contributed by atoms with van der Waals surface area (Å²) >= 11 is 7.24. The molecule has 0 radical (unpaired) electrons. The summed E-state index contributed by atoms with van der Waals surface area (Å²) in [4.78, 5) is 25.9. The van der Waals surface area contributed by atoms with Gasteiger partial charge in [-0.05, 0) is 42.0 Å². The monoisotopic (exact) mass is 396 g/mol. The second kappa shape index (κ2) is 9.26. The zero-order valence-corrected chi connectivity index (χ0v) is 15.8. The number of amides is 2.